The van der Waals surface area contributed by atoms with E-state index < -0.39 is 0 Å². The van der Waals surface area contributed by atoms with Crippen LogP contribution in [0.3, 0.4) is 0 Å². The van der Waals surface area contributed by atoms with Crippen LogP contribution in [0.4, 0.5) is 5.69 Å². The van der Waals surface area contributed by atoms with Crippen LogP contribution in [-0.2, 0) is 11.8 Å². The van der Waals surface area contributed by atoms with Crippen LogP contribution >= 0.6 is 0 Å². The summed E-state index contributed by atoms with van der Waals surface area (Å²) in [6.07, 6.45) is 5.85. The maximum Gasteiger partial charge on any atom is 0.228 e. The van der Waals surface area contributed by atoms with Crippen LogP contribution in [0.15, 0.2) is 18.2 Å². The molecule has 0 bridgehead atoms. The van der Waals surface area contributed by atoms with Crippen molar-refractivity contribution >= 4 is 22.5 Å². The number of amides is 1. The van der Waals surface area contributed by atoms with Gasteiger partial charge in [0, 0.05) is 42.7 Å². The van der Waals surface area contributed by atoms with Gasteiger partial charge < -0.3 is 4.90 Å². The van der Waals surface area contributed by atoms with Gasteiger partial charge in [-0.3, -0.25) is 9.48 Å². The summed E-state index contributed by atoms with van der Waals surface area (Å²) in [5, 5.41) is 5.56. The predicted octanol–water partition coefficient (Wildman–Crippen LogP) is 1.87. The van der Waals surface area contributed by atoms with Crippen molar-refractivity contribution in [2.45, 2.75) is 13.3 Å². The lowest BCUT2D eigenvalue weighted by Gasteiger charge is -2.15. The van der Waals surface area contributed by atoms with Gasteiger partial charge in [-0.15, -0.1) is 12.3 Å². The summed E-state index contributed by atoms with van der Waals surface area (Å²) in [5.41, 5.74) is 2.92. The molecule has 1 aliphatic heterocycles. The molecule has 1 amide bonds. The third-order valence-electron chi connectivity index (χ3n) is 3.79. The first-order chi connectivity index (χ1) is 9.10. The zero-order valence-corrected chi connectivity index (χ0v) is 11.1. The first kappa shape index (κ1) is 11.8. The summed E-state index contributed by atoms with van der Waals surface area (Å²) >= 11 is 0. The number of benzene rings is 1. The minimum Gasteiger partial charge on any atom is -0.311 e. The number of hydrogen-bond donors (Lipinski definition) is 0. The van der Waals surface area contributed by atoms with Crippen LogP contribution in [0, 0.1) is 25.2 Å². The molecule has 1 aliphatic rings. The van der Waals surface area contributed by atoms with Crippen molar-refractivity contribution in [2.24, 2.45) is 13.0 Å². The summed E-state index contributed by atoms with van der Waals surface area (Å²) in [5.74, 6) is 2.78. The monoisotopic (exact) mass is 253 g/mol. The highest BCUT2D eigenvalue weighted by Gasteiger charge is 2.29. The van der Waals surface area contributed by atoms with E-state index in [1.54, 1.807) is 4.90 Å². The van der Waals surface area contributed by atoms with Gasteiger partial charge >= 0.3 is 0 Å². The summed E-state index contributed by atoms with van der Waals surface area (Å²) in [7, 11) is 1.92. The van der Waals surface area contributed by atoms with Gasteiger partial charge in [-0.25, -0.2) is 0 Å². The molecule has 4 nitrogen and oxygen atoms in total. The molecule has 96 valence electrons. The molecule has 2 heterocycles. The summed E-state index contributed by atoms with van der Waals surface area (Å²) in [4.78, 5) is 13.7. The predicted molar refractivity (Wildman–Crippen MR) is 74.7 cm³/mol. The third-order valence-corrected chi connectivity index (χ3v) is 3.79. The lowest BCUT2D eigenvalue weighted by Crippen LogP contribution is -2.24. The van der Waals surface area contributed by atoms with E-state index in [0.717, 1.165) is 22.3 Å². The molecule has 1 aromatic heterocycles. The number of hydrogen-bond acceptors (Lipinski definition) is 2. The standard InChI is InChI=1S/C15H15N3O/c1-4-11-7-15(19)18(9-11)12-5-6-13-10(2)17(3)16-14(13)8-12/h1,5-6,8,11H,7,9H2,2-3H3. The first-order valence-electron chi connectivity index (χ1n) is 6.30. The van der Waals surface area contributed by atoms with Gasteiger partial charge in [-0.2, -0.15) is 5.10 Å². The second kappa shape index (κ2) is 4.13. The Morgan fingerprint density at radius 3 is 2.95 bits per heavy atom. The molecule has 2 aromatic rings. The number of aromatic nitrogens is 2. The normalized spacial score (nSPS) is 19.1. The largest absolute Gasteiger partial charge is 0.311 e. The van der Waals surface area contributed by atoms with Gasteiger partial charge in [0.2, 0.25) is 5.91 Å². The second-order valence-electron chi connectivity index (χ2n) is 4.98. The van der Waals surface area contributed by atoms with Gasteiger partial charge in [0.25, 0.3) is 0 Å². The minimum absolute atomic E-state index is 0.0219. The number of aryl methyl sites for hydroxylation is 2. The quantitative estimate of drug-likeness (QED) is 0.728. The van der Waals surface area contributed by atoms with Crippen LogP contribution in [0.5, 0.6) is 0 Å². The van der Waals surface area contributed by atoms with Crippen molar-refractivity contribution in [3.05, 3.63) is 23.9 Å². The Morgan fingerprint density at radius 2 is 2.26 bits per heavy atom. The van der Waals surface area contributed by atoms with E-state index in [-0.39, 0.29) is 11.8 Å². The van der Waals surface area contributed by atoms with Crippen LogP contribution < -0.4 is 4.90 Å². The Bertz CT molecular complexity index is 708. The van der Waals surface area contributed by atoms with Gasteiger partial charge in [0.15, 0.2) is 0 Å². The molecule has 4 heteroatoms. The fourth-order valence-corrected chi connectivity index (χ4v) is 2.56. The molecule has 0 radical (unpaired) electrons. The Hall–Kier alpha value is -2.28. The van der Waals surface area contributed by atoms with E-state index >= 15 is 0 Å². The molecule has 19 heavy (non-hydrogen) atoms. The lowest BCUT2D eigenvalue weighted by atomic mass is 10.1. The number of anilines is 1. The van der Waals surface area contributed by atoms with E-state index in [1.165, 1.54) is 0 Å². The molecule has 0 spiro atoms. The summed E-state index contributed by atoms with van der Waals surface area (Å²) < 4.78 is 1.85. The van der Waals surface area contributed by atoms with Gasteiger partial charge in [0.1, 0.15) is 0 Å². The average Bonchev–Trinajstić information content (AvgIpc) is 2.91. The minimum atomic E-state index is 0.0219. The molecular formula is C15H15N3O. The van der Waals surface area contributed by atoms with Crippen molar-refractivity contribution in [3.8, 4) is 12.3 Å². The Labute approximate surface area is 112 Å². The van der Waals surface area contributed by atoms with Crippen LogP contribution in [0.1, 0.15) is 12.1 Å². The first-order valence-corrected chi connectivity index (χ1v) is 6.30. The van der Waals surface area contributed by atoms with Crippen molar-refractivity contribution < 1.29 is 4.79 Å². The zero-order valence-electron chi connectivity index (χ0n) is 11.1. The molecule has 0 N–H and O–H groups in total. The van der Waals surface area contributed by atoms with Crippen molar-refractivity contribution in [1.29, 1.82) is 0 Å². The van der Waals surface area contributed by atoms with E-state index in [4.69, 9.17) is 6.42 Å². The molecule has 3 rings (SSSR count). The Balaban J connectivity index is 2.03. The van der Waals surface area contributed by atoms with Gasteiger partial charge in [-0.05, 0) is 25.1 Å². The van der Waals surface area contributed by atoms with Crippen molar-refractivity contribution in [1.82, 2.24) is 9.78 Å². The van der Waals surface area contributed by atoms with Crippen LogP contribution in [-0.4, -0.2) is 22.2 Å². The molecule has 1 unspecified atom stereocenters. The molecule has 0 aliphatic carbocycles. The van der Waals surface area contributed by atoms with Crippen molar-refractivity contribution in [3.63, 3.8) is 0 Å². The van der Waals surface area contributed by atoms with E-state index in [2.05, 4.69) is 11.0 Å². The zero-order chi connectivity index (χ0) is 13.6. The molecular weight excluding hydrogens is 238 g/mol. The van der Waals surface area contributed by atoms with Gasteiger partial charge in [-0.1, -0.05) is 0 Å². The molecule has 1 aromatic carbocycles. The maximum atomic E-state index is 12.0. The SMILES string of the molecule is C#CC1CC(=O)N(c2ccc3c(C)n(C)nc3c2)C1. The fourth-order valence-electron chi connectivity index (χ4n) is 2.56. The number of carbonyl (C=O) groups is 1. The fraction of sp³-hybridized carbons (Fsp3) is 0.333. The van der Waals surface area contributed by atoms with Crippen LogP contribution in [0.25, 0.3) is 10.9 Å². The topological polar surface area (TPSA) is 38.1 Å². The smallest absolute Gasteiger partial charge is 0.228 e. The second-order valence-corrected chi connectivity index (χ2v) is 4.98. The number of terminal acetylenes is 1. The number of carbonyl (C=O) groups excluding carboxylic acids is 1. The number of nitrogens with zero attached hydrogens (tertiary/aromatic N) is 3. The molecule has 1 saturated heterocycles. The van der Waals surface area contributed by atoms with E-state index in [9.17, 15) is 4.79 Å². The lowest BCUT2D eigenvalue weighted by molar-refractivity contribution is -0.117. The van der Waals surface area contributed by atoms with Gasteiger partial charge in [0.05, 0.1) is 5.52 Å². The molecule has 1 atom stereocenters. The van der Waals surface area contributed by atoms with E-state index in [0.29, 0.717) is 13.0 Å². The molecule has 1 fully saturated rings. The Morgan fingerprint density at radius 1 is 1.47 bits per heavy atom. The highest BCUT2D eigenvalue weighted by atomic mass is 16.2. The third kappa shape index (κ3) is 1.78. The van der Waals surface area contributed by atoms with Crippen molar-refractivity contribution in [2.75, 3.05) is 11.4 Å². The highest BCUT2D eigenvalue weighted by molar-refractivity contribution is 5.98. The molecule has 0 saturated carbocycles. The maximum absolute atomic E-state index is 12.0. The summed E-state index contributed by atoms with van der Waals surface area (Å²) in [6, 6.07) is 5.94. The van der Waals surface area contributed by atoms with Crippen LogP contribution in [0.2, 0.25) is 0 Å². The highest BCUT2D eigenvalue weighted by Crippen LogP contribution is 2.28. The number of rotatable bonds is 1. The number of fused-ring (bicyclic) bond motifs is 1. The average molecular weight is 253 g/mol. The van der Waals surface area contributed by atoms with E-state index in [1.807, 2.05) is 36.9 Å². The summed E-state index contributed by atoms with van der Waals surface area (Å²) in [6.45, 7) is 2.64. The Kier molecular flexibility index (Phi) is 2.56.